The fourth-order valence-corrected chi connectivity index (χ4v) is 5.87. The number of hydrogen-bond donors (Lipinski definition) is 0. The Hall–Kier alpha value is -0.820. The Bertz CT molecular complexity index is 892. The van der Waals surface area contributed by atoms with Crippen molar-refractivity contribution in [1.29, 1.82) is 0 Å². The van der Waals surface area contributed by atoms with Crippen LogP contribution in [0.3, 0.4) is 0 Å². The summed E-state index contributed by atoms with van der Waals surface area (Å²) in [7, 11) is 0. The quantitative estimate of drug-likeness (QED) is 0.360. The molecule has 1 aromatic heterocycles. The van der Waals surface area contributed by atoms with E-state index in [4.69, 9.17) is 9.82 Å². The molecule has 9 heteroatoms. The van der Waals surface area contributed by atoms with E-state index in [1.807, 2.05) is 16.3 Å². The van der Waals surface area contributed by atoms with Gasteiger partial charge in [-0.15, -0.1) is 11.3 Å². The van der Waals surface area contributed by atoms with Crippen molar-refractivity contribution in [3.63, 3.8) is 0 Å². The Morgan fingerprint density at radius 3 is 2.86 bits per heavy atom. The molecule has 1 amide bonds. The molecule has 5 nitrogen and oxygen atoms in total. The molecule has 0 radical (unpaired) electrons. The summed E-state index contributed by atoms with van der Waals surface area (Å²) in [5.74, 6) is 0.327. The van der Waals surface area contributed by atoms with E-state index in [-0.39, 0.29) is 11.7 Å². The van der Waals surface area contributed by atoms with Crippen LogP contribution in [0.5, 0.6) is 0 Å². The van der Waals surface area contributed by atoms with Crippen molar-refractivity contribution in [3.05, 3.63) is 49.2 Å². The van der Waals surface area contributed by atoms with Gasteiger partial charge in [-0.2, -0.15) is 0 Å². The predicted octanol–water partition coefficient (Wildman–Crippen LogP) is 4.89. The van der Waals surface area contributed by atoms with E-state index in [0.717, 1.165) is 45.9 Å². The van der Waals surface area contributed by atoms with Gasteiger partial charge >= 0.3 is 0 Å². The van der Waals surface area contributed by atoms with Gasteiger partial charge in [-0.05, 0) is 47.6 Å². The van der Waals surface area contributed by atoms with E-state index in [9.17, 15) is 9.18 Å². The molecule has 1 saturated heterocycles. The maximum Gasteiger partial charge on any atom is 0.232 e. The maximum absolute atomic E-state index is 14.2. The number of amides is 1. The topological polar surface area (TPSA) is 54.8 Å². The number of alkyl halides is 1. The number of rotatable bonds is 4. The minimum absolute atomic E-state index is 0.213. The van der Waals surface area contributed by atoms with Crippen molar-refractivity contribution in [3.8, 4) is 0 Å². The van der Waals surface area contributed by atoms with Gasteiger partial charge in [0.25, 0.3) is 0 Å². The van der Waals surface area contributed by atoms with E-state index < -0.39 is 6.10 Å². The van der Waals surface area contributed by atoms with Crippen LogP contribution in [0.1, 0.15) is 47.5 Å². The van der Waals surface area contributed by atoms with Gasteiger partial charge in [-0.25, -0.2) is 9.37 Å². The molecule has 0 aliphatic carbocycles. The summed E-state index contributed by atoms with van der Waals surface area (Å²) in [6.45, 7) is 1.58. The molecule has 0 saturated carbocycles. The summed E-state index contributed by atoms with van der Waals surface area (Å²) in [5, 5.41) is 7.28. The summed E-state index contributed by atoms with van der Waals surface area (Å²) in [6, 6.07) is 5.02. The van der Waals surface area contributed by atoms with Crippen molar-refractivity contribution in [2.75, 3.05) is 17.5 Å². The molecule has 2 aliphatic heterocycles. The Kier molecular flexibility index (Phi) is 6.50. The third kappa shape index (κ3) is 4.20. The molecular formula is C19H18FI2N3O2S. The van der Waals surface area contributed by atoms with Gasteiger partial charge in [-0.3, -0.25) is 4.79 Å². The van der Waals surface area contributed by atoms with Gasteiger partial charge in [0.2, 0.25) is 5.91 Å². The van der Waals surface area contributed by atoms with Crippen LogP contribution in [0.15, 0.2) is 28.7 Å². The molecular weight excluding hydrogens is 607 g/mol. The second-order valence-corrected chi connectivity index (χ2v) is 9.65. The van der Waals surface area contributed by atoms with Crippen LogP contribution < -0.4 is 0 Å². The van der Waals surface area contributed by atoms with Gasteiger partial charge in [0.05, 0.1) is 15.1 Å². The zero-order chi connectivity index (χ0) is 19.7. The van der Waals surface area contributed by atoms with Crippen LogP contribution in [0.25, 0.3) is 0 Å². The number of hydrogen-bond acceptors (Lipinski definition) is 5. The first-order valence-corrected chi connectivity index (χ1v) is 12.5. The number of carbonyl (C=O) groups is 1. The van der Waals surface area contributed by atoms with Gasteiger partial charge in [-0.1, -0.05) is 33.8 Å². The lowest BCUT2D eigenvalue weighted by Gasteiger charge is -2.30. The average Bonchev–Trinajstić information content (AvgIpc) is 3.37. The molecule has 1 aromatic carbocycles. The molecule has 148 valence electrons. The van der Waals surface area contributed by atoms with Crippen molar-refractivity contribution in [2.24, 2.45) is 5.16 Å². The fraction of sp³-hybridized carbons (Fsp3) is 0.421. The van der Waals surface area contributed by atoms with E-state index in [1.54, 1.807) is 17.4 Å². The highest BCUT2D eigenvalue weighted by Crippen LogP contribution is 2.35. The lowest BCUT2D eigenvalue weighted by Crippen LogP contribution is -2.38. The van der Waals surface area contributed by atoms with Crippen molar-refractivity contribution in [2.45, 2.75) is 31.3 Å². The molecule has 3 heterocycles. The fourth-order valence-electron chi connectivity index (χ4n) is 3.57. The lowest BCUT2D eigenvalue weighted by molar-refractivity contribution is -0.129. The first-order valence-electron chi connectivity index (χ1n) is 9.03. The molecule has 0 N–H and O–H groups in total. The number of halogens is 3. The Morgan fingerprint density at radius 1 is 1.36 bits per heavy atom. The van der Waals surface area contributed by atoms with Crippen molar-refractivity contribution >= 4 is 68.1 Å². The van der Waals surface area contributed by atoms with Gasteiger partial charge in [0, 0.05) is 39.9 Å². The van der Waals surface area contributed by atoms with Crippen molar-refractivity contribution in [1.82, 2.24) is 9.88 Å². The predicted molar refractivity (Wildman–Crippen MR) is 124 cm³/mol. The van der Waals surface area contributed by atoms with Gasteiger partial charge in [0.15, 0.2) is 6.10 Å². The monoisotopic (exact) mass is 625 g/mol. The average molecular weight is 625 g/mol. The number of thiazole rings is 1. The van der Waals surface area contributed by atoms with Crippen LogP contribution in [0.2, 0.25) is 0 Å². The first kappa shape index (κ1) is 20.5. The molecule has 1 unspecified atom stereocenters. The third-order valence-corrected chi connectivity index (χ3v) is 7.72. The summed E-state index contributed by atoms with van der Waals surface area (Å²) >= 11 is 5.88. The van der Waals surface area contributed by atoms with Crippen LogP contribution in [-0.4, -0.2) is 39.0 Å². The third-order valence-electron chi connectivity index (χ3n) is 5.12. The maximum atomic E-state index is 14.2. The number of piperidine rings is 1. The second kappa shape index (κ2) is 8.90. The smallest absolute Gasteiger partial charge is 0.232 e. The summed E-state index contributed by atoms with van der Waals surface area (Å²) in [4.78, 5) is 24.1. The largest absolute Gasteiger partial charge is 0.387 e. The van der Waals surface area contributed by atoms with E-state index >= 15 is 0 Å². The summed E-state index contributed by atoms with van der Waals surface area (Å²) < 4.78 is 15.6. The summed E-state index contributed by atoms with van der Waals surface area (Å²) in [6.07, 6.45) is 1.99. The minimum Gasteiger partial charge on any atom is -0.387 e. The van der Waals surface area contributed by atoms with E-state index in [2.05, 4.69) is 50.3 Å². The molecule has 28 heavy (non-hydrogen) atoms. The molecule has 0 bridgehead atoms. The highest BCUT2D eigenvalue weighted by molar-refractivity contribution is 14.1. The first-order chi connectivity index (χ1) is 13.6. The standard InChI is InChI=1S/C19H18FI2N3O2S/c20-12-2-1-3-13(22)18(12)16-8-14(24-27-16)15-10-28-19(23-15)11-4-6-25(7-5-11)17(26)9-21/h1-3,10-11,16H,4-9H2. The Balaban J connectivity index is 1.41. The number of nitrogens with zero attached hydrogens (tertiary/aromatic N) is 3. The highest BCUT2D eigenvalue weighted by Gasteiger charge is 2.30. The molecule has 2 aromatic rings. The Labute approximate surface area is 194 Å². The van der Waals surface area contributed by atoms with Gasteiger partial charge < -0.3 is 9.74 Å². The van der Waals surface area contributed by atoms with Crippen LogP contribution in [0, 0.1) is 9.39 Å². The zero-order valence-electron chi connectivity index (χ0n) is 14.9. The number of aromatic nitrogens is 1. The van der Waals surface area contributed by atoms with E-state index in [0.29, 0.717) is 22.3 Å². The highest BCUT2D eigenvalue weighted by atomic mass is 127. The molecule has 0 spiro atoms. The second-order valence-electron chi connectivity index (χ2n) is 6.83. The Morgan fingerprint density at radius 2 is 2.14 bits per heavy atom. The number of likely N-dealkylation sites (tertiary alicyclic amines) is 1. The molecule has 1 atom stereocenters. The zero-order valence-corrected chi connectivity index (χ0v) is 20.0. The van der Waals surface area contributed by atoms with Crippen LogP contribution in [-0.2, 0) is 9.63 Å². The molecule has 4 rings (SSSR count). The van der Waals surface area contributed by atoms with Crippen LogP contribution in [0.4, 0.5) is 4.39 Å². The van der Waals surface area contributed by atoms with Crippen LogP contribution >= 0.6 is 56.5 Å². The molecule has 1 fully saturated rings. The van der Waals surface area contributed by atoms with Gasteiger partial charge in [0.1, 0.15) is 11.5 Å². The SMILES string of the molecule is O=C(CI)N1CCC(c2nc(C3=NOC(c4c(F)cccc4I)C3)cs2)CC1. The number of benzene rings is 1. The van der Waals surface area contributed by atoms with Crippen molar-refractivity contribution < 1.29 is 14.0 Å². The number of oxime groups is 1. The minimum atomic E-state index is -0.407. The number of carbonyl (C=O) groups excluding carboxylic acids is 1. The molecule has 2 aliphatic rings. The lowest BCUT2D eigenvalue weighted by atomic mass is 9.97. The normalized spacial score (nSPS) is 20.2. The van der Waals surface area contributed by atoms with E-state index in [1.165, 1.54) is 6.07 Å². The summed E-state index contributed by atoms with van der Waals surface area (Å²) in [5.41, 5.74) is 2.15.